The van der Waals surface area contributed by atoms with Gasteiger partial charge in [-0.3, -0.25) is 4.79 Å². The minimum absolute atomic E-state index is 0.0770. The number of hydrogen-bond donors (Lipinski definition) is 1. The van der Waals surface area contributed by atoms with E-state index in [-0.39, 0.29) is 23.8 Å². The zero-order chi connectivity index (χ0) is 15.7. The Morgan fingerprint density at radius 3 is 2.38 bits per heavy atom. The van der Waals surface area contributed by atoms with Gasteiger partial charge in [0, 0.05) is 11.3 Å². The smallest absolute Gasteiger partial charge is 0.352 e. The van der Waals surface area contributed by atoms with E-state index in [1.165, 1.54) is 22.8 Å². The van der Waals surface area contributed by atoms with Crippen molar-refractivity contribution in [3.8, 4) is 0 Å². The van der Waals surface area contributed by atoms with Crippen molar-refractivity contribution in [3.05, 3.63) is 58.2 Å². The van der Waals surface area contributed by atoms with Gasteiger partial charge >= 0.3 is 5.97 Å². The molecule has 0 aliphatic carbocycles. The second-order valence-electron chi connectivity index (χ2n) is 5.10. The highest BCUT2D eigenvalue weighted by molar-refractivity contribution is 5.97. The normalized spacial score (nSPS) is 10.7. The van der Waals surface area contributed by atoms with Crippen LogP contribution in [0.25, 0.3) is 0 Å². The largest absolute Gasteiger partial charge is 0.477 e. The SMILES string of the molecule is Cc1cc(C(=O)Cn2c(C)cc(C)c2C(=O)O)ccc1F. The molecule has 1 N–H and O–H groups in total. The Morgan fingerprint density at radius 1 is 1.14 bits per heavy atom. The number of aromatic nitrogens is 1. The Balaban J connectivity index is 2.36. The van der Waals surface area contributed by atoms with Crippen LogP contribution in [0.2, 0.25) is 0 Å². The number of aromatic carboxylic acids is 1. The van der Waals surface area contributed by atoms with Gasteiger partial charge in [0.15, 0.2) is 5.78 Å². The fourth-order valence-electron chi connectivity index (χ4n) is 2.39. The van der Waals surface area contributed by atoms with Gasteiger partial charge in [-0.15, -0.1) is 0 Å². The van der Waals surface area contributed by atoms with Gasteiger partial charge in [-0.1, -0.05) is 0 Å². The lowest BCUT2D eigenvalue weighted by Crippen LogP contribution is -2.17. The van der Waals surface area contributed by atoms with Crippen LogP contribution >= 0.6 is 0 Å². The molecule has 0 aliphatic heterocycles. The first-order valence-electron chi connectivity index (χ1n) is 6.50. The highest BCUT2D eigenvalue weighted by Crippen LogP contribution is 2.17. The molecule has 1 heterocycles. The number of benzene rings is 1. The van der Waals surface area contributed by atoms with Crippen LogP contribution in [0.5, 0.6) is 0 Å². The summed E-state index contributed by atoms with van der Waals surface area (Å²) in [7, 11) is 0. The van der Waals surface area contributed by atoms with Crippen LogP contribution in [-0.2, 0) is 6.54 Å². The molecule has 21 heavy (non-hydrogen) atoms. The first kappa shape index (κ1) is 15.0. The summed E-state index contributed by atoms with van der Waals surface area (Å²) in [5.74, 6) is -1.69. The number of carboxylic acid groups (broad SMARTS) is 1. The maximum Gasteiger partial charge on any atom is 0.352 e. The van der Waals surface area contributed by atoms with Crippen molar-refractivity contribution in [3.63, 3.8) is 0 Å². The molecule has 0 spiro atoms. The van der Waals surface area contributed by atoms with E-state index in [4.69, 9.17) is 0 Å². The third kappa shape index (κ3) is 2.86. The second kappa shape index (κ2) is 5.52. The number of carbonyl (C=O) groups is 2. The molecule has 0 fully saturated rings. The molecule has 2 aromatic rings. The number of carbonyl (C=O) groups excluding carboxylic acids is 1. The van der Waals surface area contributed by atoms with Crippen molar-refractivity contribution < 1.29 is 19.1 Å². The lowest BCUT2D eigenvalue weighted by Gasteiger charge is -2.09. The van der Waals surface area contributed by atoms with Gasteiger partial charge in [0.1, 0.15) is 11.5 Å². The van der Waals surface area contributed by atoms with Gasteiger partial charge in [0.2, 0.25) is 0 Å². The summed E-state index contributed by atoms with van der Waals surface area (Å²) in [5.41, 5.74) is 2.19. The first-order chi connectivity index (χ1) is 9.81. The summed E-state index contributed by atoms with van der Waals surface area (Å²) in [6.45, 7) is 4.95. The summed E-state index contributed by atoms with van der Waals surface area (Å²) in [6, 6.07) is 5.86. The molecule has 0 radical (unpaired) electrons. The van der Waals surface area contributed by atoms with Crippen LogP contribution in [0, 0.1) is 26.6 Å². The van der Waals surface area contributed by atoms with Crippen LogP contribution in [0.4, 0.5) is 4.39 Å². The van der Waals surface area contributed by atoms with Crippen LogP contribution in [0.1, 0.15) is 37.7 Å². The summed E-state index contributed by atoms with van der Waals surface area (Å²) < 4.78 is 14.7. The molecule has 0 unspecified atom stereocenters. The lowest BCUT2D eigenvalue weighted by atomic mass is 10.1. The zero-order valence-electron chi connectivity index (χ0n) is 12.1. The minimum Gasteiger partial charge on any atom is -0.477 e. The molecule has 1 aromatic carbocycles. The van der Waals surface area contributed by atoms with Gasteiger partial charge in [-0.25, -0.2) is 9.18 Å². The Hall–Kier alpha value is -2.43. The number of aryl methyl sites for hydroxylation is 3. The molecule has 110 valence electrons. The maximum atomic E-state index is 13.2. The topological polar surface area (TPSA) is 59.3 Å². The van der Waals surface area contributed by atoms with Crippen molar-refractivity contribution in [1.82, 2.24) is 4.57 Å². The Labute approximate surface area is 121 Å². The van der Waals surface area contributed by atoms with Crippen molar-refractivity contribution in [2.24, 2.45) is 0 Å². The van der Waals surface area contributed by atoms with E-state index in [1.54, 1.807) is 26.8 Å². The Kier molecular flexibility index (Phi) is 3.93. The average Bonchev–Trinajstić information content (AvgIpc) is 2.67. The monoisotopic (exact) mass is 289 g/mol. The van der Waals surface area contributed by atoms with E-state index < -0.39 is 5.97 Å². The van der Waals surface area contributed by atoms with Crippen molar-refractivity contribution >= 4 is 11.8 Å². The predicted molar refractivity (Wildman–Crippen MR) is 76.3 cm³/mol. The van der Waals surface area contributed by atoms with E-state index in [9.17, 15) is 19.1 Å². The third-order valence-corrected chi connectivity index (χ3v) is 3.48. The molecule has 0 bridgehead atoms. The summed E-state index contributed by atoms with van der Waals surface area (Å²) in [6.07, 6.45) is 0. The summed E-state index contributed by atoms with van der Waals surface area (Å²) in [4.78, 5) is 23.6. The van der Waals surface area contributed by atoms with Crippen molar-refractivity contribution in [2.75, 3.05) is 0 Å². The van der Waals surface area contributed by atoms with Crippen molar-refractivity contribution in [1.29, 1.82) is 0 Å². The molecular weight excluding hydrogens is 273 g/mol. The molecule has 0 amide bonds. The van der Waals surface area contributed by atoms with Gasteiger partial charge in [0.05, 0.1) is 6.54 Å². The molecule has 1 aromatic heterocycles. The first-order valence-corrected chi connectivity index (χ1v) is 6.50. The van der Waals surface area contributed by atoms with Crippen LogP contribution < -0.4 is 0 Å². The highest BCUT2D eigenvalue weighted by Gasteiger charge is 2.19. The van der Waals surface area contributed by atoms with E-state index in [0.717, 1.165) is 0 Å². The van der Waals surface area contributed by atoms with Crippen LogP contribution in [0.15, 0.2) is 24.3 Å². The van der Waals surface area contributed by atoms with E-state index in [0.29, 0.717) is 22.4 Å². The Bertz CT molecular complexity index is 731. The lowest BCUT2D eigenvalue weighted by molar-refractivity contribution is 0.0684. The van der Waals surface area contributed by atoms with E-state index in [1.807, 2.05) is 0 Å². The maximum absolute atomic E-state index is 13.2. The number of halogens is 1. The molecule has 0 saturated heterocycles. The minimum atomic E-state index is -1.07. The van der Waals surface area contributed by atoms with Gasteiger partial charge in [-0.05, 0) is 56.2 Å². The third-order valence-electron chi connectivity index (χ3n) is 3.48. The predicted octanol–water partition coefficient (Wildman–Crippen LogP) is 3.13. The standard InChI is InChI=1S/C16H16FNO3/c1-9-7-12(4-5-13(9)17)14(19)8-18-11(3)6-10(2)15(18)16(20)21/h4-7H,8H2,1-3H3,(H,20,21). The van der Waals surface area contributed by atoms with Crippen molar-refractivity contribution in [2.45, 2.75) is 27.3 Å². The number of rotatable bonds is 4. The number of Topliss-reactive ketones (excluding diaryl/α,β-unsaturated/α-hetero) is 1. The van der Waals surface area contributed by atoms with E-state index in [2.05, 4.69) is 0 Å². The molecular formula is C16H16FNO3. The number of nitrogens with zero attached hydrogens (tertiary/aromatic N) is 1. The average molecular weight is 289 g/mol. The number of carboxylic acids is 1. The molecule has 0 atom stereocenters. The zero-order valence-corrected chi connectivity index (χ0v) is 12.1. The molecule has 0 saturated carbocycles. The molecule has 5 heteroatoms. The van der Waals surface area contributed by atoms with Gasteiger partial charge in [0.25, 0.3) is 0 Å². The number of hydrogen-bond acceptors (Lipinski definition) is 2. The van der Waals surface area contributed by atoms with Crippen LogP contribution in [-0.4, -0.2) is 21.4 Å². The fraction of sp³-hybridized carbons (Fsp3) is 0.250. The quantitative estimate of drug-likeness (QED) is 0.880. The van der Waals surface area contributed by atoms with Gasteiger partial charge in [-0.2, -0.15) is 0 Å². The molecule has 2 rings (SSSR count). The number of ketones is 1. The highest BCUT2D eigenvalue weighted by atomic mass is 19.1. The fourth-order valence-corrected chi connectivity index (χ4v) is 2.39. The second-order valence-corrected chi connectivity index (χ2v) is 5.10. The van der Waals surface area contributed by atoms with Crippen LogP contribution in [0.3, 0.4) is 0 Å². The summed E-state index contributed by atoms with van der Waals surface area (Å²) >= 11 is 0. The van der Waals surface area contributed by atoms with E-state index >= 15 is 0 Å². The summed E-state index contributed by atoms with van der Waals surface area (Å²) in [5, 5.41) is 9.24. The van der Waals surface area contributed by atoms with Gasteiger partial charge < -0.3 is 9.67 Å². The molecule has 4 nitrogen and oxygen atoms in total. The molecule has 0 aliphatic rings. The Morgan fingerprint density at radius 2 is 1.81 bits per heavy atom.